The summed E-state index contributed by atoms with van der Waals surface area (Å²) in [6, 6.07) is 5.16. The third kappa shape index (κ3) is 5.08. The minimum absolute atomic E-state index is 0.110. The fourth-order valence-electron chi connectivity index (χ4n) is 1.59. The second kappa shape index (κ2) is 8.01. The van der Waals surface area contributed by atoms with Gasteiger partial charge in [0.2, 0.25) is 0 Å². The van der Waals surface area contributed by atoms with Crippen molar-refractivity contribution in [2.24, 2.45) is 5.92 Å². The van der Waals surface area contributed by atoms with E-state index in [2.05, 4.69) is 5.32 Å². The maximum absolute atomic E-state index is 10.9. The Labute approximate surface area is 117 Å². The van der Waals surface area contributed by atoms with Gasteiger partial charge in [-0.05, 0) is 30.2 Å². The maximum Gasteiger partial charge on any atom is 0.292 e. The highest BCUT2D eigenvalue weighted by molar-refractivity contribution is 7.98. The fourth-order valence-corrected chi connectivity index (χ4v) is 2.64. The first-order valence-corrected chi connectivity index (χ1v) is 7.43. The molecule has 0 bridgehead atoms. The Kier molecular flexibility index (Phi) is 6.66. The van der Waals surface area contributed by atoms with Crippen molar-refractivity contribution in [2.45, 2.75) is 19.6 Å². The second-order valence-electron chi connectivity index (χ2n) is 4.44. The summed E-state index contributed by atoms with van der Waals surface area (Å²) >= 11 is 1.72. The van der Waals surface area contributed by atoms with Gasteiger partial charge in [-0.2, -0.15) is 11.8 Å². The molecule has 106 valence electrons. The van der Waals surface area contributed by atoms with E-state index in [1.165, 1.54) is 0 Å². The van der Waals surface area contributed by atoms with E-state index in [1.54, 1.807) is 23.9 Å². The number of nitro benzene ring substituents is 1. The Morgan fingerprint density at radius 2 is 2.26 bits per heavy atom. The molecule has 0 aliphatic carbocycles. The SMILES string of the molecule is CCNc1cc(CSCC(C)CO)ccc1[N+](=O)[O-]. The Balaban J connectivity index is 2.69. The molecule has 0 aliphatic rings. The summed E-state index contributed by atoms with van der Waals surface area (Å²) in [5.41, 5.74) is 1.73. The molecule has 1 atom stereocenters. The fraction of sp³-hybridized carbons (Fsp3) is 0.538. The number of aliphatic hydroxyl groups excluding tert-OH is 1. The summed E-state index contributed by atoms with van der Waals surface area (Å²) < 4.78 is 0. The van der Waals surface area contributed by atoms with Crippen LogP contribution in [-0.4, -0.2) is 28.9 Å². The van der Waals surface area contributed by atoms with E-state index in [0.29, 0.717) is 12.2 Å². The molecule has 0 saturated heterocycles. The molecule has 0 amide bonds. The van der Waals surface area contributed by atoms with Crippen LogP contribution in [0.2, 0.25) is 0 Å². The van der Waals surface area contributed by atoms with Crippen LogP contribution in [0.15, 0.2) is 18.2 Å². The highest BCUT2D eigenvalue weighted by Crippen LogP contribution is 2.27. The van der Waals surface area contributed by atoms with Crippen LogP contribution in [0.3, 0.4) is 0 Å². The molecule has 1 unspecified atom stereocenters. The van der Waals surface area contributed by atoms with Crippen molar-refractivity contribution >= 4 is 23.1 Å². The average molecular weight is 284 g/mol. The van der Waals surface area contributed by atoms with Crippen molar-refractivity contribution in [1.29, 1.82) is 0 Å². The molecule has 0 fully saturated rings. The predicted molar refractivity (Wildman–Crippen MR) is 79.7 cm³/mol. The summed E-state index contributed by atoms with van der Waals surface area (Å²) in [7, 11) is 0. The van der Waals surface area contributed by atoms with Gasteiger partial charge < -0.3 is 10.4 Å². The molecular weight excluding hydrogens is 264 g/mol. The number of nitrogens with zero attached hydrogens (tertiary/aromatic N) is 1. The number of nitrogens with one attached hydrogen (secondary N) is 1. The maximum atomic E-state index is 10.9. The van der Waals surface area contributed by atoms with Crippen LogP contribution in [0.4, 0.5) is 11.4 Å². The lowest BCUT2D eigenvalue weighted by molar-refractivity contribution is -0.384. The lowest BCUT2D eigenvalue weighted by atomic mass is 10.2. The molecule has 5 nitrogen and oxygen atoms in total. The highest BCUT2D eigenvalue weighted by Gasteiger charge is 2.13. The molecule has 0 radical (unpaired) electrons. The largest absolute Gasteiger partial charge is 0.396 e. The van der Waals surface area contributed by atoms with Crippen LogP contribution in [0.25, 0.3) is 0 Å². The quantitative estimate of drug-likeness (QED) is 0.567. The molecule has 6 heteroatoms. The molecule has 0 spiro atoms. The minimum atomic E-state index is -0.372. The Morgan fingerprint density at radius 3 is 2.84 bits per heavy atom. The first kappa shape index (κ1) is 15.8. The topological polar surface area (TPSA) is 75.4 Å². The molecular formula is C13H20N2O3S. The highest BCUT2D eigenvalue weighted by atomic mass is 32.2. The van der Waals surface area contributed by atoms with Gasteiger partial charge in [-0.25, -0.2) is 0 Å². The van der Waals surface area contributed by atoms with E-state index in [1.807, 2.05) is 19.9 Å². The first-order chi connectivity index (χ1) is 9.08. The van der Waals surface area contributed by atoms with Crippen LogP contribution in [0, 0.1) is 16.0 Å². The van der Waals surface area contributed by atoms with Gasteiger partial charge in [0.25, 0.3) is 5.69 Å². The Bertz CT molecular complexity index is 426. The van der Waals surface area contributed by atoms with Crippen molar-refractivity contribution < 1.29 is 10.0 Å². The van der Waals surface area contributed by atoms with Gasteiger partial charge in [0.15, 0.2) is 0 Å². The number of anilines is 1. The van der Waals surface area contributed by atoms with Crippen molar-refractivity contribution in [1.82, 2.24) is 0 Å². The van der Waals surface area contributed by atoms with Gasteiger partial charge in [0.05, 0.1) is 4.92 Å². The zero-order chi connectivity index (χ0) is 14.3. The third-order valence-corrected chi connectivity index (χ3v) is 3.95. The van der Waals surface area contributed by atoms with Crippen LogP contribution in [0.5, 0.6) is 0 Å². The number of rotatable bonds is 8. The van der Waals surface area contributed by atoms with E-state index < -0.39 is 0 Å². The van der Waals surface area contributed by atoms with E-state index in [0.717, 1.165) is 17.1 Å². The van der Waals surface area contributed by atoms with Gasteiger partial charge in [0, 0.05) is 25.0 Å². The number of benzene rings is 1. The second-order valence-corrected chi connectivity index (χ2v) is 5.47. The van der Waals surface area contributed by atoms with Crippen LogP contribution in [0.1, 0.15) is 19.4 Å². The standard InChI is InChI=1S/C13H20N2O3S/c1-3-14-12-6-11(4-5-13(12)15(17)18)9-19-8-10(2)7-16/h4-6,10,14,16H,3,7-9H2,1-2H3. The lowest BCUT2D eigenvalue weighted by Crippen LogP contribution is -2.04. The molecule has 0 aromatic heterocycles. The number of hydrogen-bond donors (Lipinski definition) is 2. The molecule has 0 heterocycles. The van der Waals surface area contributed by atoms with E-state index in [9.17, 15) is 10.1 Å². The Morgan fingerprint density at radius 1 is 1.53 bits per heavy atom. The summed E-state index contributed by atoms with van der Waals surface area (Å²) in [5, 5.41) is 22.8. The zero-order valence-corrected chi connectivity index (χ0v) is 12.1. The van der Waals surface area contributed by atoms with E-state index >= 15 is 0 Å². The number of aliphatic hydroxyl groups is 1. The smallest absolute Gasteiger partial charge is 0.292 e. The van der Waals surface area contributed by atoms with Crippen molar-refractivity contribution in [3.63, 3.8) is 0 Å². The van der Waals surface area contributed by atoms with E-state index in [4.69, 9.17) is 5.11 Å². The molecule has 2 N–H and O–H groups in total. The van der Waals surface area contributed by atoms with Gasteiger partial charge >= 0.3 is 0 Å². The predicted octanol–water partition coefficient (Wildman–Crippen LogP) is 2.89. The van der Waals surface area contributed by atoms with Crippen LogP contribution >= 0.6 is 11.8 Å². The van der Waals surface area contributed by atoms with Crippen molar-refractivity contribution in [3.8, 4) is 0 Å². The van der Waals surface area contributed by atoms with Gasteiger partial charge in [-0.3, -0.25) is 10.1 Å². The number of thioether (sulfide) groups is 1. The summed E-state index contributed by atoms with van der Waals surface area (Å²) in [6.45, 7) is 4.75. The van der Waals surface area contributed by atoms with Gasteiger partial charge in [-0.1, -0.05) is 13.0 Å². The normalized spacial score (nSPS) is 12.2. The molecule has 1 aromatic carbocycles. The molecule has 0 saturated carbocycles. The average Bonchev–Trinajstić information content (AvgIpc) is 2.38. The number of nitro groups is 1. The minimum Gasteiger partial charge on any atom is -0.396 e. The molecule has 0 aliphatic heterocycles. The Hall–Kier alpha value is -1.27. The van der Waals surface area contributed by atoms with Gasteiger partial charge in [0.1, 0.15) is 5.69 Å². The van der Waals surface area contributed by atoms with Crippen molar-refractivity contribution in [3.05, 3.63) is 33.9 Å². The monoisotopic (exact) mass is 284 g/mol. The summed E-state index contributed by atoms with van der Waals surface area (Å²) in [6.07, 6.45) is 0. The van der Waals surface area contributed by atoms with Gasteiger partial charge in [-0.15, -0.1) is 0 Å². The summed E-state index contributed by atoms with van der Waals surface area (Å²) in [5.74, 6) is 1.95. The lowest BCUT2D eigenvalue weighted by Gasteiger charge is -2.09. The third-order valence-electron chi connectivity index (χ3n) is 2.61. The van der Waals surface area contributed by atoms with Crippen LogP contribution < -0.4 is 5.32 Å². The van der Waals surface area contributed by atoms with Crippen LogP contribution in [-0.2, 0) is 5.75 Å². The van der Waals surface area contributed by atoms with Crippen molar-refractivity contribution in [2.75, 3.05) is 24.2 Å². The first-order valence-electron chi connectivity index (χ1n) is 6.28. The zero-order valence-electron chi connectivity index (χ0n) is 11.3. The molecule has 19 heavy (non-hydrogen) atoms. The summed E-state index contributed by atoms with van der Waals surface area (Å²) in [4.78, 5) is 10.5. The molecule has 1 aromatic rings. The number of hydrogen-bond acceptors (Lipinski definition) is 5. The molecule has 1 rings (SSSR count). The van der Waals surface area contributed by atoms with E-state index in [-0.39, 0.29) is 23.1 Å².